The SMILES string of the molecule is O=C(CC(=O)C(F)(F)F)c1ccc2c(c1)Cc1ccccc1-2. The van der Waals surface area contributed by atoms with E-state index >= 15 is 0 Å². The Kier molecular flexibility index (Phi) is 3.35. The number of carbonyl (C=O) groups excluding carboxylic acids is 2. The lowest BCUT2D eigenvalue weighted by atomic mass is 9.99. The summed E-state index contributed by atoms with van der Waals surface area (Å²) in [6.45, 7) is 0. The third-order valence-corrected chi connectivity index (χ3v) is 3.75. The molecule has 0 amide bonds. The Morgan fingerprint density at radius 1 is 0.955 bits per heavy atom. The minimum absolute atomic E-state index is 0.143. The van der Waals surface area contributed by atoms with E-state index in [0.29, 0.717) is 6.42 Å². The van der Waals surface area contributed by atoms with Crippen LogP contribution in [0.1, 0.15) is 27.9 Å². The van der Waals surface area contributed by atoms with E-state index in [1.807, 2.05) is 24.3 Å². The molecule has 0 heterocycles. The van der Waals surface area contributed by atoms with Gasteiger partial charge in [-0.3, -0.25) is 9.59 Å². The van der Waals surface area contributed by atoms with Gasteiger partial charge in [0.15, 0.2) is 5.78 Å². The summed E-state index contributed by atoms with van der Waals surface area (Å²) in [6, 6.07) is 12.6. The first-order valence-electron chi connectivity index (χ1n) is 6.70. The van der Waals surface area contributed by atoms with Crippen LogP contribution in [0, 0.1) is 0 Å². The summed E-state index contributed by atoms with van der Waals surface area (Å²) in [6.07, 6.45) is -5.47. The largest absolute Gasteiger partial charge is 0.450 e. The highest BCUT2D eigenvalue weighted by Gasteiger charge is 2.39. The molecular weight excluding hydrogens is 293 g/mol. The molecule has 0 saturated carbocycles. The Morgan fingerprint density at radius 3 is 2.36 bits per heavy atom. The average Bonchev–Trinajstić information content (AvgIpc) is 2.83. The summed E-state index contributed by atoms with van der Waals surface area (Å²) in [5, 5.41) is 0. The highest BCUT2D eigenvalue weighted by atomic mass is 19.4. The summed E-state index contributed by atoms with van der Waals surface area (Å²) in [7, 11) is 0. The highest BCUT2D eigenvalue weighted by molar-refractivity contribution is 6.09. The first-order valence-corrected chi connectivity index (χ1v) is 6.70. The molecule has 0 bridgehead atoms. The van der Waals surface area contributed by atoms with Crippen LogP contribution in [0.2, 0.25) is 0 Å². The third kappa shape index (κ3) is 2.54. The van der Waals surface area contributed by atoms with Crippen molar-refractivity contribution in [2.45, 2.75) is 19.0 Å². The Balaban J connectivity index is 1.86. The van der Waals surface area contributed by atoms with Crippen molar-refractivity contribution >= 4 is 11.6 Å². The maximum Gasteiger partial charge on any atom is 0.450 e. The summed E-state index contributed by atoms with van der Waals surface area (Å²) < 4.78 is 36.7. The summed E-state index contributed by atoms with van der Waals surface area (Å²) >= 11 is 0. The predicted octanol–water partition coefficient (Wildman–Crippen LogP) is 3.96. The van der Waals surface area contributed by atoms with Gasteiger partial charge in [-0.1, -0.05) is 36.4 Å². The van der Waals surface area contributed by atoms with E-state index in [1.54, 1.807) is 12.1 Å². The highest BCUT2D eigenvalue weighted by Crippen LogP contribution is 2.36. The molecule has 0 atom stereocenters. The standard InChI is InChI=1S/C17H11F3O2/c18-17(19,20)16(22)9-15(21)11-5-6-14-12(8-11)7-10-3-1-2-4-13(10)14/h1-6,8H,7,9H2. The van der Waals surface area contributed by atoms with Crippen LogP contribution in [0.25, 0.3) is 11.1 Å². The molecule has 0 aliphatic heterocycles. The van der Waals surface area contributed by atoms with Crippen molar-refractivity contribution in [3.05, 3.63) is 59.2 Å². The molecule has 2 nitrogen and oxygen atoms in total. The minimum Gasteiger partial charge on any atom is -0.294 e. The van der Waals surface area contributed by atoms with E-state index in [0.717, 1.165) is 22.3 Å². The van der Waals surface area contributed by atoms with E-state index in [4.69, 9.17) is 0 Å². The van der Waals surface area contributed by atoms with Crippen molar-refractivity contribution in [2.24, 2.45) is 0 Å². The van der Waals surface area contributed by atoms with Crippen LogP contribution >= 0.6 is 0 Å². The van der Waals surface area contributed by atoms with Crippen LogP contribution in [0.5, 0.6) is 0 Å². The van der Waals surface area contributed by atoms with Crippen molar-refractivity contribution in [3.63, 3.8) is 0 Å². The van der Waals surface area contributed by atoms with Crippen LogP contribution in [0.15, 0.2) is 42.5 Å². The van der Waals surface area contributed by atoms with Gasteiger partial charge in [0, 0.05) is 5.56 Å². The van der Waals surface area contributed by atoms with Gasteiger partial charge in [-0.25, -0.2) is 0 Å². The van der Waals surface area contributed by atoms with Gasteiger partial charge in [-0.15, -0.1) is 0 Å². The topological polar surface area (TPSA) is 34.1 Å². The van der Waals surface area contributed by atoms with E-state index in [1.165, 1.54) is 6.07 Å². The van der Waals surface area contributed by atoms with Gasteiger partial charge in [-0.2, -0.15) is 13.2 Å². The summed E-state index contributed by atoms with van der Waals surface area (Å²) in [5.74, 6) is -2.82. The second-order valence-electron chi connectivity index (χ2n) is 5.23. The van der Waals surface area contributed by atoms with Gasteiger partial charge < -0.3 is 0 Å². The maximum atomic E-state index is 12.2. The summed E-state index contributed by atoms with van der Waals surface area (Å²) in [5.41, 5.74) is 4.21. The Hall–Kier alpha value is -2.43. The van der Waals surface area contributed by atoms with Crippen LogP contribution in [-0.4, -0.2) is 17.7 Å². The Bertz CT molecular complexity index is 776. The number of ketones is 2. The zero-order chi connectivity index (χ0) is 15.9. The van der Waals surface area contributed by atoms with Gasteiger partial charge in [-0.05, 0) is 34.7 Å². The molecule has 0 spiro atoms. The van der Waals surface area contributed by atoms with Crippen LogP contribution < -0.4 is 0 Å². The molecule has 0 fully saturated rings. The predicted molar refractivity (Wildman–Crippen MR) is 74.7 cm³/mol. The number of benzene rings is 2. The molecule has 112 valence electrons. The van der Waals surface area contributed by atoms with E-state index in [-0.39, 0.29) is 5.56 Å². The van der Waals surface area contributed by atoms with Gasteiger partial charge in [0.2, 0.25) is 5.78 Å². The number of hydrogen-bond donors (Lipinski definition) is 0. The molecule has 1 aliphatic rings. The van der Waals surface area contributed by atoms with Gasteiger partial charge in [0.25, 0.3) is 0 Å². The fraction of sp³-hybridized carbons (Fsp3) is 0.176. The van der Waals surface area contributed by atoms with Crippen molar-refractivity contribution in [2.75, 3.05) is 0 Å². The lowest BCUT2D eigenvalue weighted by Crippen LogP contribution is -2.25. The lowest BCUT2D eigenvalue weighted by molar-refractivity contribution is -0.170. The first kappa shape index (κ1) is 14.5. The quantitative estimate of drug-likeness (QED) is 0.542. The molecule has 0 aromatic heterocycles. The van der Waals surface area contributed by atoms with Crippen molar-refractivity contribution in [1.82, 2.24) is 0 Å². The maximum absolute atomic E-state index is 12.2. The van der Waals surface area contributed by atoms with Crippen molar-refractivity contribution < 1.29 is 22.8 Å². The fourth-order valence-electron chi connectivity index (χ4n) is 2.67. The normalized spacial score (nSPS) is 12.7. The third-order valence-electron chi connectivity index (χ3n) is 3.75. The number of Topliss-reactive ketones (excluding diaryl/α,β-unsaturated/α-hetero) is 2. The molecule has 0 radical (unpaired) electrons. The molecule has 2 aromatic rings. The first-order chi connectivity index (χ1) is 10.4. The van der Waals surface area contributed by atoms with E-state index < -0.39 is 24.2 Å². The molecule has 0 saturated heterocycles. The smallest absolute Gasteiger partial charge is 0.294 e. The molecule has 2 aromatic carbocycles. The molecule has 3 rings (SSSR count). The molecule has 22 heavy (non-hydrogen) atoms. The van der Waals surface area contributed by atoms with Gasteiger partial charge in [0.1, 0.15) is 0 Å². The molecule has 1 aliphatic carbocycles. The fourth-order valence-corrected chi connectivity index (χ4v) is 2.67. The van der Waals surface area contributed by atoms with E-state index in [9.17, 15) is 22.8 Å². The van der Waals surface area contributed by atoms with Crippen LogP contribution in [0.4, 0.5) is 13.2 Å². The molecule has 0 unspecified atom stereocenters. The Morgan fingerprint density at radius 2 is 1.64 bits per heavy atom. The second kappa shape index (κ2) is 5.09. The van der Waals surface area contributed by atoms with Crippen LogP contribution in [0.3, 0.4) is 0 Å². The molecular formula is C17H11F3O2. The summed E-state index contributed by atoms with van der Waals surface area (Å²) in [4.78, 5) is 22.8. The second-order valence-corrected chi connectivity index (χ2v) is 5.23. The number of hydrogen-bond acceptors (Lipinski definition) is 2. The zero-order valence-electron chi connectivity index (χ0n) is 11.4. The number of fused-ring (bicyclic) bond motifs is 3. The minimum atomic E-state index is -4.97. The van der Waals surface area contributed by atoms with E-state index in [2.05, 4.69) is 0 Å². The monoisotopic (exact) mass is 304 g/mol. The number of carbonyl (C=O) groups is 2. The van der Waals surface area contributed by atoms with Gasteiger partial charge >= 0.3 is 6.18 Å². The van der Waals surface area contributed by atoms with Crippen molar-refractivity contribution in [3.8, 4) is 11.1 Å². The molecule has 5 heteroatoms. The lowest BCUT2D eigenvalue weighted by Gasteiger charge is -2.06. The Labute approximate surface area is 124 Å². The van der Waals surface area contributed by atoms with Crippen LogP contribution in [-0.2, 0) is 11.2 Å². The number of halogens is 3. The van der Waals surface area contributed by atoms with Crippen molar-refractivity contribution in [1.29, 1.82) is 0 Å². The average molecular weight is 304 g/mol. The molecule has 0 N–H and O–H groups in total. The zero-order valence-corrected chi connectivity index (χ0v) is 11.4. The number of rotatable bonds is 3. The van der Waals surface area contributed by atoms with Gasteiger partial charge in [0.05, 0.1) is 6.42 Å². The number of alkyl halides is 3.